The van der Waals surface area contributed by atoms with E-state index in [1.807, 2.05) is 0 Å². The third-order valence-corrected chi connectivity index (χ3v) is 5.67. The van der Waals surface area contributed by atoms with Crippen molar-refractivity contribution in [1.82, 2.24) is 10.5 Å². The van der Waals surface area contributed by atoms with Crippen LogP contribution in [0.15, 0.2) is 65.7 Å². The molecule has 8 nitrogen and oxygen atoms in total. The summed E-state index contributed by atoms with van der Waals surface area (Å²) in [7, 11) is -4.15. The molecule has 1 heterocycles. The average Bonchev–Trinajstić information content (AvgIpc) is 2.71. The first-order valence-corrected chi connectivity index (χ1v) is 9.25. The lowest BCUT2D eigenvalue weighted by atomic mass is 10.2. The zero-order valence-electron chi connectivity index (χ0n) is 13.9. The molecule has 0 saturated heterocycles. The lowest BCUT2D eigenvalue weighted by Gasteiger charge is -2.23. The van der Waals surface area contributed by atoms with Gasteiger partial charge in [-0.2, -0.15) is 0 Å². The van der Waals surface area contributed by atoms with E-state index in [0.717, 1.165) is 4.31 Å². The Bertz CT molecular complexity index is 1100. The highest BCUT2D eigenvalue weighted by molar-refractivity contribution is 7.92. The van der Waals surface area contributed by atoms with Gasteiger partial charge in [0.1, 0.15) is 12.8 Å². The Morgan fingerprint density at radius 2 is 1.85 bits per heavy atom. The predicted molar refractivity (Wildman–Crippen MR) is 98.0 cm³/mol. The predicted octanol–water partition coefficient (Wildman–Crippen LogP) is 1.75. The number of hydrogen-bond acceptors (Lipinski definition) is 6. The highest BCUT2D eigenvalue weighted by Crippen LogP contribution is 2.26. The number of fused-ring (bicyclic) bond motifs is 1. The molecule has 2 aromatic carbocycles. The van der Waals surface area contributed by atoms with Gasteiger partial charge in [-0.25, -0.2) is 13.9 Å². The Balaban J connectivity index is 2.10. The first kappa shape index (κ1) is 18.5. The highest BCUT2D eigenvalue weighted by Gasteiger charge is 2.27. The number of hydrogen-bond donors (Lipinski definition) is 2. The van der Waals surface area contributed by atoms with E-state index in [4.69, 9.17) is 5.21 Å². The van der Waals surface area contributed by atoms with Crippen LogP contribution in [0.25, 0.3) is 10.9 Å². The fraction of sp³-hybridized carbons (Fsp3) is 0.0556. The largest absolute Gasteiger partial charge is 0.298 e. The molecule has 0 aliphatic carbocycles. The summed E-state index contributed by atoms with van der Waals surface area (Å²) in [5, 5.41) is 9.52. The van der Waals surface area contributed by atoms with Crippen LogP contribution in [0.1, 0.15) is 10.4 Å². The molecule has 0 aliphatic rings. The number of benzene rings is 2. The van der Waals surface area contributed by atoms with Gasteiger partial charge in [-0.3, -0.25) is 24.1 Å². The summed E-state index contributed by atoms with van der Waals surface area (Å²) >= 11 is 0. The number of para-hydroxylation sites is 1. The normalized spacial score (nSPS) is 11.1. The van der Waals surface area contributed by atoms with E-state index in [-0.39, 0.29) is 10.6 Å². The lowest BCUT2D eigenvalue weighted by Crippen LogP contribution is -2.40. The van der Waals surface area contributed by atoms with Gasteiger partial charge in [-0.15, -0.1) is 0 Å². The van der Waals surface area contributed by atoms with E-state index in [1.165, 1.54) is 35.9 Å². The Labute approximate surface area is 155 Å². The number of sulfonamides is 1. The minimum absolute atomic E-state index is 0.105. The number of carbonyl (C=O) groups excluding carboxylic acids is 2. The van der Waals surface area contributed by atoms with Crippen LogP contribution in [0.3, 0.4) is 0 Å². The summed E-state index contributed by atoms with van der Waals surface area (Å²) in [5.74, 6) is -0.906. The number of aldehydes is 1. The monoisotopic (exact) mass is 385 g/mol. The molecule has 0 fully saturated rings. The van der Waals surface area contributed by atoms with Gasteiger partial charge in [0, 0.05) is 10.9 Å². The molecule has 0 unspecified atom stereocenters. The number of aromatic nitrogens is 1. The van der Waals surface area contributed by atoms with Crippen molar-refractivity contribution in [2.45, 2.75) is 4.90 Å². The quantitative estimate of drug-likeness (QED) is 0.379. The standard InChI is InChI=1S/C18H15N3O5S/c22-12-13-5-7-16(8-6-13)27(25,26)21(11-18(23)20-24)15-9-14-3-1-2-4-17(14)19-10-15/h1-10,12,24H,11H2,(H,20,23). The Kier molecular flexibility index (Phi) is 5.15. The van der Waals surface area contributed by atoms with Crippen molar-refractivity contribution in [2.24, 2.45) is 0 Å². The van der Waals surface area contributed by atoms with Gasteiger partial charge in [-0.05, 0) is 24.3 Å². The molecule has 0 aliphatic heterocycles. The van der Waals surface area contributed by atoms with Crippen LogP contribution in [0.2, 0.25) is 0 Å². The van der Waals surface area contributed by atoms with Crippen LogP contribution < -0.4 is 9.79 Å². The van der Waals surface area contributed by atoms with Crippen molar-refractivity contribution in [3.63, 3.8) is 0 Å². The van der Waals surface area contributed by atoms with E-state index in [1.54, 1.807) is 30.3 Å². The summed E-state index contributed by atoms with van der Waals surface area (Å²) in [6, 6.07) is 14.0. The molecule has 3 rings (SSSR count). The molecule has 9 heteroatoms. The van der Waals surface area contributed by atoms with Gasteiger partial charge >= 0.3 is 0 Å². The Morgan fingerprint density at radius 3 is 2.52 bits per heavy atom. The molecule has 27 heavy (non-hydrogen) atoms. The van der Waals surface area contributed by atoms with E-state index in [9.17, 15) is 18.0 Å². The van der Waals surface area contributed by atoms with Crippen molar-refractivity contribution in [3.05, 3.63) is 66.4 Å². The van der Waals surface area contributed by atoms with Crippen molar-refractivity contribution in [3.8, 4) is 0 Å². The lowest BCUT2D eigenvalue weighted by molar-refractivity contribution is -0.127. The van der Waals surface area contributed by atoms with Crippen LogP contribution in [-0.4, -0.2) is 37.3 Å². The molecule has 3 aromatic rings. The van der Waals surface area contributed by atoms with E-state index in [2.05, 4.69) is 4.98 Å². The molecule has 2 N–H and O–H groups in total. The molecule has 0 spiro atoms. The van der Waals surface area contributed by atoms with E-state index in [0.29, 0.717) is 22.8 Å². The van der Waals surface area contributed by atoms with Gasteiger partial charge in [0.15, 0.2) is 0 Å². The summed E-state index contributed by atoms with van der Waals surface area (Å²) < 4.78 is 27.0. The summed E-state index contributed by atoms with van der Waals surface area (Å²) in [6.07, 6.45) is 1.94. The first-order chi connectivity index (χ1) is 13.0. The van der Waals surface area contributed by atoms with Gasteiger partial charge in [-0.1, -0.05) is 30.3 Å². The number of nitrogens with one attached hydrogen (secondary N) is 1. The zero-order valence-corrected chi connectivity index (χ0v) is 14.8. The molecular weight excluding hydrogens is 370 g/mol. The first-order valence-electron chi connectivity index (χ1n) is 7.81. The minimum atomic E-state index is -4.15. The fourth-order valence-corrected chi connectivity index (χ4v) is 3.92. The van der Waals surface area contributed by atoms with Crippen molar-refractivity contribution < 1.29 is 23.2 Å². The van der Waals surface area contributed by atoms with Crippen LogP contribution in [0.5, 0.6) is 0 Å². The van der Waals surface area contributed by atoms with Crippen LogP contribution >= 0.6 is 0 Å². The number of rotatable bonds is 6. The molecular formula is C18H15N3O5S. The van der Waals surface area contributed by atoms with Crippen LogP contribution in [0, 0.1) is 0 Å². The molecule has 0 saturated carbocycles. The number of hydroxylamine groups is 1. The van der Waals surface area contributed by atoms with Gasteiger partial charge in [0.25, 0.3) is 15.9 Å². The maximum atomic E-state index is 13.1. The maximum absolute atomic E-state index is 13.1. The van der Waals surface area contributed by atoms with Gasteiger partial charge in [0.2, 0.25) is 0 Å². The third kappa shape index (κ3) is 3.78. The fourth-order valence-electron chi connectivity index (χ4n) is 2.52. The smallest absolute Gasteiger partial charge is 0.264 e. The second kappa shape index (κ2) is 7.52. The Morgan fingerprint density at radius 1 is 1.15 bits per heavy atom. The molecule has 1 amide bonds. The summed E-state index contributed by atoms with van der Waals surface area (Å²) in [4.78, 5) is 26.6. The number of carbonyl (C=O) groups is 2. The zero-order chi connectivity index (χ0) is 19.4. The van der Waals surface area contributed by atoms with Crippen LogP contribution in [-0.2, 0) is 14.8 Å². The summed E-state index contributed by atoms with van der Waals surface area (Å²) in [5.41, 5.74) is 2.58. The van der Waals surface area contributed by atoms with E-state index < -0.39 is 22.5 Å². The molecule has 0 bridgehead atoms. The Hall–Kier alpha value is -3.30. The van der Waals surface area contributed by atoms with Crippen LogP contribution in [0.4, 0.5) is 5.69 Å². The van der Waals surface area contributed by atoms with Gasteiger partial charge in [0.05, 0.1) is 22.3 Å². The molecule has 0 atom stereocenters. The molecule has 138 valence electrons. The number of pyridine rings is 1. The third-order valence-electron chi connectivity index (χ3n) is 3.88. The average molecular weight is 385 g/mol. The maximum Gasteiger partial charge on any atom is 0.264 e. The molecule has 0 radical (unpaired) electrons. The minimum Gasteiger partial charge on any atom is -0.298 e. The van der Waals surface area contributed by atoms with Crippen molar-refractivity contribution in [1.29, 1.82) is 0 Å². The number of amides is 1. The second-order valence-electron chi connectivity index (χ2n) is 5.62. The van der Waals surface area contributed by atoms with Gasteiger partial charge < -0.3 is 0 Å². The second-order valence-corrected chi connectivity index (χ2v) is 7.48. The number of nitrogens with zero attached hydrogens (tertiary/aromatic N) is 2. The number of anilines is 1. The van der Waals surface area contributed by atoms with E-state index >= 15 is 0 Å². The SMILES string of the molecule is O=Cc1ccc(S(=O)(=O)N(CC(=O)NO)c2cnc3ccccc3c2)cc1. The topological polar surface area (TPSA) is 117 Å². The molecule has 1 aromatic heterocycles. The van der Waals surface area contributed by atoms with Crippen molar-refractivity contribution >= 4 is 38.8 Å². The summed E-state index contributed by atoms with van der Waals surface area (Å²) in [6.45, 7) is -0.645. The highest BCUT2D eigenvalue weighted by atomic mass is 32.2. The van der Waals surface area contributed by atoms with Crippen molar-refractivity contribution in [2.75, 3.05) is 10.8 Å².